The first kappa shape index (κ1) is 13.1. The van der Waals surface area contributed by atoms with Crippen molar-refractivity contribution in [2.24, 2.45) is 0 Å². The van der Waals surface area contributed by atoms with Gasteiger partial charge in [0.05, 0.1) is 19.3 Å². The van der Waals surface area contributed by atoms with E-state index in [9.17, 15) is 5.11 Å². The normalized spacial score (nSPS) is 19.5. The number of aryl methyl sites for hydroxylation is 1. The Morgan fingerprint density at radius 2 is 2.30 bits per heavy atom. The maximum Gasteiger partial charge on any atom is 0.0980 e. The first-order valence-corrected chi connectivity index (χ1v) is 6.81. The molecule has 1 unspecified atom stereocenters. The van der Waals surface area contributed by atoms with Crippen molar-refractivity contribution in [2.45, 2.75) is 13.0 Å². The molecule has 1 fully saturated rings. The van der Waals surface area contributed by atoms with E-state index < -0.39 is 0 Å². The van der Waals surface area contributed by atoms with E-state index >= 15 is 0 Å². The van der Waals surface area contributed by atoms with Gasteiger partial charge in [0.15, 0.2) is 0 Å². The maximum atomic E-state index is 9.28. The Balaban J connectivity index is 2.07. The third-order valence-electron chi connectivity index (χ3n) is 3.73. The quantitative estimate of drug-likeness (QED) is 0.808. The van der Waals surface area contributed by atoms with Crippen LogP contribution in [0.15, 0.2) is 24.4 Å². The van der Waals surface area contributed by atoms with Crippen molar-refractivity contribution in [2.75, 3.05) is 36.9 Å². The maximum absolute atomic E-state index is 9.28. The fourth-order valence-corrected chi connectivity index (χ4v) is 2.67. The number of nitrogens with two attached hydrogens (primary N) is 1. The van der Waals surface area contributed by atoms with Crippen molar-refractivity contribution in [3.63, 3.8) is 0 Å². The van der Waals surface area contributed by atoms with Crippen molar-refractivity contribution in [1.29, 1.82) is 0 Å². The molecule has 1 atom stereocenters. The number of anilines is 2. The lowest BCUT2D eigenvalue weighted by atomic mass is 10.1. The van der Waals surface area contributed by atoms with Crippen LogP contribution in [0.2, 0.25) is 0 Å². The van der Waals surface area contributed by atoms with E-state index in [4.69, 9.17) is 10.5 Å². The molecule has 0 radical (unpaired) electrons. The van der Waals surface area contributed by atoms with Gasteiger partial charge in [-0.25, -0.2) is 0 Å². The average Bonchev–Trinajstić information content (AvgIpc) is 2.47. The number of aromatic nitrogens is 1. The number of benzene rings is 1. The first-order valence-electron chi connectivity index (χ1n) is 6.81. The van der Waals surface area contributed by atoms with Gasteiger partial charge < -0.3 is 20.5 Å². The number of ether oxygens (including phenoxy) is 1. The number of hydrogen-bond donors (Lipinski definition) is 2. The van der Waals surface area contributed by atoms with Crippen molar-refractivity contribution in [3.8, 4) is 0 Å². The topological polar surface area (TPSA) is 71.6 Å². The second-order valence-corrected chi connectivity index (χ2v) is 5.17. The van der Waals surface area contributed by atoms with Gasteiger partial charge in [0, 0.05) is 47.1 Å². The van der Waals surface area contributed by atoms with Crippen LogP contribution < -0.4 is 10.6 Å². The number of nitrogen functional groups attached to an aromatic ring is 1. The third kappa shape index (κ3) is 2.30. The van der Waals surface area contributed by atoms with E-state index in [1.54, 1.807) is 0 Å². The molecule has 0 saturated carbocycles. The number of hydrogen-bond acceptors (Lipinski definition) is 5. The van der Waals surface area contributed by atoms with Crippen LogP contribution in [0.1, 0.15) is 5.69 Å². The number of aliphatic hydroxyl groups excluding tert-OH is 1. The van der Waals surface area contributed by atoms with E-state index in [0.29, 0.717) is 13.2 Å². The molecule has 5 nitrogen and oxygen atoms in total. The minimum absolute atomic E-state index is 0.0456. The highest BCUT2D eigenvalue weighted by Crippen LogP contribution is 2.31. The number of morpholine rings is 1. The molecule has 106 valence electrons. The van der Waals surface area contributed by atoms with E-state index in [1.807, 2.05) is 25.3 Å². The van der Waals surface area contributed by atoms with Gasteiger partial charge in [-0.15, -0.1) is 0 Å². The summed E-state index contributed by atoms with van der Waals surface area (Å²) in [4.78, 5) is 6.56. The summed E-state index contributed by atoms with van der Waals surface area (Å²) in [5, 5.41) is 11.4. The predicted molar refractivity (Wildman–Crippen MR) is 79.9 cm³/mol. The van der Waals surface area contributed by atoms with Gasteiger partial charge in [0.1, 0.15) is 0 Å². The largest absolute Gasteiger partial charge is 0.398 e. The zero-order valence-corrected chi connectivity index (χ0v) is 11.5. The summed E-state index contributed by atoms with van der Waals surface area (Å²) >= 11 is 0. The standard InChI is InChI=1S/C15H19N3O2/c1-10-6-12-13(7-17-10)14(16)2-3-15(12)18-4-5-20-11(8-18)9-19/h2-3,6-7,11,19H,4-5,8-9,16H2,1H3. The Hall–Kier alpha value is -1.85. The fraction of sp³-hybridized carbons (Fsp3) is 0.400. The monoisotopic (exact) mass is 273 g/mol. The molecule has 0 aliphatic carbocycles. The SMILES string of the molecule is Cc1cc2c(N3CCOC(CO)C3)ccc(N)c2cn1. The van der Waals surface area contributed by atoms with Gasteiger partial charge in [-0.1, -0.05) is 0 Å². The zero-order chi connectivity index (χ0) is 14.1. The summed E-state index contributed by atoms with van der Waals surface area (Å²) in [6.45, 7) is 4.15. The number of fused-ring (bicyclic) bond motifs is 1. The Bertz CT molecular complexity index is 630. The molecule has 1 aliphatic heterocycles. The van der Waals surface area contributed by atoms with Gasteiger partial charge in [0.25, 0.3) is 0 Å². The summed E-state index contributed by atoms with van der Waals surface area (Å²) in [5.74, 6) is 0. The predicted octanol–water partition coefficient (Wildman–Crippen LogP) is 1.32. The third-order valence-corrected chi connectivity index (χ3v) is 3.73. The molecule has 2 heterocycles. The zero-order valence-electron chi connectivity index (χ0n) is 11.5. The van der Waals surface area contributed by atoms with Crippen LogP contribution in [-0.4, -0.2) is 42.5 Å². The first-order chi connectivity index (χ1) is 9.69. The lowest BCUT2D eigenvalue weighted by Crippen LogP contribution is -2.44. The van der Waals surface area contributed by atoms with Crippen LogP contribution in [0.4, 0.5) is 11.4 Å². The van der Waals surface area contributed by atoms with Crippen LogP contribution in [0.25, 0.3) is 10.8 Å². The van der Waals surface area contributed by atoms with Gasteiger partial charge >= 0.3 is 0 Å². The van der Waals surface area contributed by atoms with Crippen LogP contribution >= 0.6 is 0 Å². The van der Waals surface area contributed by atoms with Crippen LogP contribution in [0.3, 0.4) is 0 Å². The van der Waals surface area contributed by atoms with E-state index in [0.717, 1.165) is 34.4 Å². The summed E-state index contributed by atoms with van der Waals surface area (Å²) < 4.78 is 5.51. The lowest BCUT2D eigenvalue weighted by Gasteiger charge is -2.34. The number of rotatable bonds is 2. The van der Waals surface area contributed by atoms with Crippen LogP contribution in [0, 0.1) is 6.92 Å². The summed E-state index contributed by atoms with van der Waals surface area (Å²) in [6, 6.07) is 6.01. The van der Waals surface area contributed by atoms with Crippen molar-refractivity contribution in [3.05, 3.63) is 30.1 Å². The highest BCUT2D eigenvalue weighted by molar-refractivity contribution is 6.01. The average molecular weight is 273 g/mol. The Kier molecular flexibility index (Phi) is 3.46. The van der Waals surface area contributed by atoms with Crippen molar-refractivity contribution < 1.29 is 9.84 Å². The van der Waals surface area contributed by atoms with E-state index in [-0.39, 0.29) is 12.7 Å². The Morgan fingerprint density at radius 3 is 3.10 bits per heavy atom. The molecule has 0 spiro atoms. The molecule has 3 N–H and O–H groups in total. The summed E-state index contributed by atoms with van der Waals surface area (Å²) in [5.41, 5.74) is 8.87. The Labute approximate surface area is 118 Å². The summed E-state index contributed by atoms with van der Waals surface area (Å²) in [6.07, 6.45) is 1.70. The molecule has 0 bridgehead atoms. The molecule has 5 heteroatoms. The smallest absolute Gasteiger partial charge is 0.0980 e. The molecule has 1 saturated heterocycles. The molecule has 1 aromatic carbocycles. The number of pyridine rings is 1. The molecule has 0 amide bonds. The van der Waals surface area contributed by atoms with Gasteiger partial charge in [-0.2, -0.15) is 0 Å². The minimum atomic E-state index is -0.126. The Morgan fingerprint density at radius 1 is 1.45 bits per heavy atom. The molecular formula is C15H19N3O2. The molecule has 3 rings (SSSR count). The van der Waals surface area contributed by atoms with Crippen molar-refractivity contribution in [1.82, 2.24) is 4.98 Å². The molecule has 2 aromatic rings. The van der Waals surface area contributed by atoms with Gasteiger partial charge in [0.2, 0.25) is 0 Å². The number of aliphatic hydroxyl groups is 1. The molecular weight excluding hydrogens is 254 g/mol. The second-order valence-electron chi connectivity index (χ2n) is 5.17. The number of nitrogens with zero attached hydrogens (tertiary/aromatic N) is 2. The van der Waals surface area contributed by atoms with Crippen LogP contribution in [0.5, 0.6) is 0 Å². The van der Waals surface area contributed by atoms with E-state index in [2.05, 4.69) is 16.0 Å². The minimum Gasteiger partial charge on any atom is -0.398 e. The van der Waals surface area contributed by atoms with E-state index in [1.165, 1.54) is 0 Å². The van der Waals surface area contributed by atoms with Gasteiger partial charge in [-0.05, 0) is 25.1 Å². The molecule has 1 aromatic heterocycles. The molecule has 20 heavy (non-hydrogen) atoms. The highest BCUT2D eigenvalue weighted by atomic mass is 16.5. The fourth-order valence-electron chi connectivity index (χ4n) is 2.67. The molecule has 1 aliphatic rings. The van der Waals surface area contributed by atoms with Crippen LogP contribution in [-0.2, 0) is 4.74 Å². The highest BCUT2D eigenvalue weighted by Gasteiger charge is 2.21. The van der Waals surface area contributed by atoms with Gasteiger partial charge in [-0.3, -0.25) is 4.98 Å². The summed E-state index contributed by atoms with van der Waals surface area (Å²) in [7, 11) is 0. The second kappa shape index (κ2) is 5.26. The lowest BCUT2D eigenvalue weighted by molar-refractivity contribution is 0.00364. The van der Waals surface area contributed by atoms with Crippen molar-refractivity contribution >= 4 is 22.1 Å².